The van der Waals surface area contributed by atoms with Crippen LogP contribution in [0.15, 0.2) is 29.2 Å². The van der Waals surface area contributed by atoms with E-state index in [-0.39, 0.29) is 5.92 Å². The molecule has 2 atom stereocenters. The Hall–Kier alpha value is -1.40. The lowest BCUT2D eigenvalue weighted by atomic mass is 9.80. The fraction of sp³-hybridized carbons (Fsp3) is 0.682. The van der Waals surface area contributed by atoms with Crippen LogP contribution >= 0.6 is 0 Å². The molecular weight excluding hydrogens is 372 g/mol. The summed E-state index contributed by atoms with van der Waals surface area (Å²) in [6.07, 6.45) is 4.76. The number of amides is 1. The number of nitrogens with zero attached hydrogens (tertiary/aromatic N) is 1. The summed E-state index contributed by atoms with van der Waals surface area (Å²) >= 11 is 0. The second-order valence-electron chi connectivity index (χ2n) is 9.07. The minimum Gasteiger partial charge on any atom is -0.342 e. The summed E-state index contributed by atoms with van der Waals surface area (Å²) in [4.78, 5) is 15.3. The number of aryl methyl sites for hydroxylation is 1. The van der Waals surface area contributed by atoms with Gasteiger partial charge in [-0.15, -0.1) is 0 Å². The van der Waals surface area contributed by atoms with Crippen molar-refractivity contribution in [3.8, 4) is 0 Å². The van der Waals surface area contributed by atoms with Gasteiger partial charge in [-0.3, -0.25) is 4.79 Å². The van der Waals surface area contributed by atoms with Crippen LogP contribution in [-0.4, -0.2) is 38.9 Å². The van der Waals surface area contributed by atoms with Crippen molar-refractivity contribution in [1.82, 2.24) is 9.62 Å². The number of carbonyl (C=O) groups is 1. The SMILES string of the molecule is Cc1ccc(S(=O)(=O)NCC2CCC(C(=O)N3C[C@H](C)C[C@@H](C)C3)CC2)cc1. The normalized spacial score (nSPS) is 28.9. The summed E-state index contributed by atoms with van der Waals surface area (Å²) in [6, 6.07) is 6.92. The van der Waals surface area contributed by atoms with E-state index in [1.165, 1.54) is 6.42 Å². The van der Waals surface area contributed by atoms with Gasteiger partial charge in [0.2, 0.25) is 15.9 Å². The Bertz CT molecular complexity index is 757. The molecular formula is C22H34N2O3S. The predicted molar refractivity (Wildman–Crippen MR) is 111 cm³/mol. The van der Waals surface area contributed by atoms with Crippen LogP contribution in [0.3, 0.4) is 0 Å². The van der Waals surface area contributed by atoms with Gasteiger partial charge < -0.3 is 4.90 Å². The highest BCUT2D eigenvalue weighted by Gasteiger charge is 2.33. The maximum atomic E-state index is 12.9. The van der Waals surface area contributed by atoms with E-state index < -0.39 is 10.0 Å². The monoisotopic (exact) mass is 406 g/mol. The van der Waals surface area contributed by atoms with E-state index in [0.717, 1.165) is 44.3 Å². The summed E-state index contributed by atoms with van der Waals surface area (Å²) in [6.45, 7) is 8.63. The smallest absolute Gasteiger partial charge is 0.240 e. The first-order chi connectivity index (χ1) is 13.2. The van der Waals surface area contributed by atoms with Crippen molar-refractivity contribution < 1.29 is 13.2 Å². The van der Waals surface area contributed by atoms with Crippen molar-refractivity contribution in [3.63, 3.8) is 0 Å². The topological polar surface area (TPSA) is 66.5 Å². The van der Waals surface area contributed by atoms with Gasteiger partial charge in [-0.1, -0.05) is 31.5 Å². The van der Waals surface area contributed by atoms with Gasteiger partial charge in [0.25, 0.3) is 0 Å². The third-order valence-corrected chi connectivity index (χ3v) is 7.71. The number of benzene rings is 1. The largest absolute Gasteiger partial charge is 0.342 e. The predicted octanol–water partition coefficient (Wildman–Crippen LogP) is 3.58. The molecule has 3 rings (SSSR count). The Labute approximate surface area is 169 Å². The lowest BCUT2D eigenvalue weighted by Gasteiger charge is -2.38. The number of nitrogens with one attached hydrogen (secondary N) is 1. The Morgan fingerprint density at radius 1 is 1.04 bits per heavy atom. The van der Waals surface area contributed by atoms with Gasteiger partial charge in [0.05, 0.1) is 4.90 Å². The van der Waals surface area contributed by atoms with E-state index in [2.05, 4.69) is 23.5 Å². The van der Waals surface area contributed by atoms with Gasteiger partial charge in [0.1, 0.15) is 0 Å². The number of hydrogen-bond donors (Lipinski definition) is 1. The van der Waals surface area contributed by atoms with E-state index in [4.69, 9.17) is 0 Å². The quantitative estimate of drug-likeness (QED) is 0.813. The molecule has 6 heteroatoms. The summed E-state index contributed by atoms with van der Waals surface area (Å²) in [5.41, 5.74) is 1.04. The molecule has 0 bridgehead atoms. The number of hydrogen-bond acceptors (Lipinski definition) is 3. The molecule has 2 fully saturated rings. The Morgan fingerprint density at radius 2 is 1.61 bits per heavy atom. The van der Waals surface area contributed by atoms with Crippen LogP contribution in [0.1, 0.15) is 51.5 Å². The number of carbonyl (C=O) groups excluding carboxylic acids is 1. The van der Waals surface area contributed by atoms with Crippen molar-refractivity contribution in [2.45, 2.75) is 57.8 Å². The Morgan fingerprint density at radius 3 is 2.18 bits per heavy atom. The lowest BCUT2D eigenvalue weighted by Crippen LogP contribution is -2.46. The zero-order valence-corrected chi connectivity index (χ0v) is 18.2. The minimum atomic E-state index is -3.46. The zero-order valence-electron chi connectivity index (χ0n) is 17.4. The third-order valence-electron chi connectivity index (χ3n) is 6.27. The van der Waals surface area contributed by atoms with Crippen LogP contribution in [0.4, 0.5) is 0 Å². The summed E-state index contributed by atoms with van der Waals surface area (Å²) in [7, 11) is -3.46. The fourth-order valence-corrected chi connectivity index (χ4v) is 5.86. The van der Waals surface area contributed by atoms with Crippen molar-refractivity contribution in [3.05, 3.63) is 29.8 Å². The molecule has 1 saturated heterocycles. The second kappa shape index (κ2) is 8.95. The first-order valence-corrected chi connectivity index (χ1v) is 12.1. The van der Waals surface area contributed by atoms with Gasteiger partial charge in [-0.25, -0.2) is 13.1 Å². The Kier molecular flexibility index (Phi) is 6.81. The zero-order chi connectivity index (χ0) is 20.3. The van der Waals surface area contributed by atoms with Crippen molar-refractivity contribution in [2.75, 3.05) is 19.6 Å². The minimum absolute atomic E-state index is 0.113. The molecule has 1 heterocycles. The third kappa shape index (κ3) is 5.35. The van der Waals surface area contributed by atoms with Gasteiger partial charge in [0.15, 0.2) is 0 Å². The molecule has 28 heavy (non-hydrogen) atoms. The summed E-state index contributed by atoms with van der Waals surface area (Å²) in [5.74, 6) is 1.91. The number of piperidine rings is 1. The molecule has 0 radical (unpaired) electrons. The molecule has 0 aromatic heterocycles. The van der Waals surface area contributed by atoms with Crippen LogP contribution < -0.4 is 4.72 Å². The van der Waals surface area contributed by atoms with Crippen LogP contribution in [0.25, 0.3) is 0 Å². The van der Waals surface area contributed by atoms with Gasteiger partial charge >= 0.3 is 0 Å². The molecule has 1 aromatic rings. The van der Waals surface area contributed by atoms with E-state index in [1.807, 2.05) is 19.1 Å². The molecule has 1 N–H and O–H groups in total. The maximum Gasteiger partial charge on any atom is 0.240 e. The highest BCUT2D eigenvalue weighted by Crippen LogP contribution is 2.32. The molecule has 0 spiro atoms. The molecule has 1 aliphatic heterocycles. The molecule has 0 unspecified atom stereocenters. The first-order valence-electron chi connectivity index (χ1n) is 10.6. The van der Waals surface area contributed by atoms with Crippen LogP contribution in [0.5, 0.6) is 0 Å². The summed E-state index contributed by atoms with van der Waals surface area (Å²) in [5, 5.41) is 0. The summed E-state index contributed by atoms with van der Waals surface area (Å²) < 4.78 is 27.7. The standard InChI is InChI=1S/C22H34N2O3S/c1-16-4-10-21(11-5-16)28(26,27)23-13-19-6-8-20(9-7-19)22(25)24-14-17(2)12-18(3)15-24/h4-5,10-11,17-20,23H,6-9,12-15H2,1-3H3/t17-,18-,19?,20?/m1/s1. The van der Waals surface area contributed by atoms with Crippen molar-refractivity contribution in [2.24, 2.45) is 23.7 Å². The first kappa shape index (κ1) is 21.3. The fourth-order valence-electron chi connectivity index (χ4n) is 4.74. The molecule has 5 nitrogen and oxygen atoms in total. The molecule has 156 valence electrons. The Balaban J connectivity index is 1.47. The van der Waals surface area contributed by atoms with E-state index in [0.29, 0.717) is 35.1 Å². The average molecular weight is 407 g/mol. The second-order valence-corrected chi connectivity index (χ2v) is 10.8. The average Bonchev–Trinajstić information content (AvgIpc) is 2.66. The van der Waals surface area contributed by atoms with Gasteiger partial charge in [-0.2, -0.15) is 0 Å². The molecule has 1 amide bonds. The van der Waals surface area contributed by atoms with E-state index >= 15 is 0 Å². The molecule has 1 aromatic carbocycles. The van der Waals surface area contributed by atoms with Gasteiger partial charge in [-0.05, 0) is 68.9 Å². The van der Waals surface area contributed by atoms with E-state index in [1.54, 1.807) is 12.1 Å². The van der Waals surface area contributed by atoms with Crippen molar-refractivity contribution >= 4 is 15.9 Å². The maximum absolute atomic E-state index is 12.9. The lowest BCUT2D eigenvalue weighted by molar-refractivity contribution is -0.139. The highest BCUT2D eigenvalue weighted by molar-refractivity contribution is 7.89. The molecule has 2 aliphatic rings. The van der Waals surface area contributed by atoms with Crippen LogP contribution in [0, 0.1) is 30.6 Å². The number of likely N-dealkylation sites (tertiary alicyclic amines) is 1. The molecule has 1 saturated carbocycles. The number of sulfonamides is 1. The number of rotatable bonds is 5. The molecule has 1 aliphatic carbocycles. The van der Waals surface area contributed by atoms with E-state index in [9.17, 15) is 13.2 Å². The highest BCUT2D eigenvalue weighted by atomic mass is 32.2. The van der Waals surface area contributed by atoms with Crippen molar-refractivity contribution in [1.29, 1.82) is 0 Å². The van der Waals surface area contributed by atoms with Crippen LogP contribution in [0.2, 0.25) is 0 Å². The van der Waals surface area contributed by atoms with Gasteiger partial charge in [0, 0.05) is 25.6 Å². The van der Waals surface area contributed by atoms with Crippen LogP contribution in [-0.2, 0) is 14.8 Å².